The number of benzene rings is 1. The maximum Gasteiger partial charge on any atom is 0.126 e. The van der Waals surface area contributed by atoms with Crippen molar-refractivity contribution < 1.29 is 4.39 Å². The van der Waals surface area contributed by atoms with Crippen LogP contribution in [0.5, 0.6) is 0 Å². The zero-order chi connectivity index (χ0) is 13.4. The van der Waals surface area contributed by atoms with Gasteiger partial charge in [0.15, 0.2) is 0 Å². The molecule has 1 N–H and O–H groups in total. The standard InChI is InChI=1S/C16H23FN2/c1-11-3-4-14(9-15(11)17)12(2)18-16-10-19-7-5-13(16)6-8-19/h3-4,9,12-13,16,18H,5-8,10H2,1-2H3. The zero-order valence-corrected chi connectivity index (χ0v) is 11.8. The summed E-state index contributed by atoms with van der Waals surface area (Å²) in [7, 11) is 0. The lowest BCUT2D eigenvalue weighted by molar-refractivity contribution is 0.0680. The molecule has 1 aromatic rings. The van der Waals surface area contributed by atoms with E-state index in [1.807, 2.05) is 19.1 Å². The molecule has 0 radical (unpaired) electrons. The third-order valence-electron chi connectivity index (χ3n) is 4.82. The highest BCUT2D eigenvalue weighted by atomic mass is 19.1. The van der Waals surface area contributed by atoms with Gasteiger partial charge in [0.1, 0.15) is 5.82 Å². The van der Waals surface area contributed by atoms with Gasteiger partial charge >= 0.3 is 0 Å². The molecule has 3 aliphatic heterocycles. The van der Waals surface area contributed by atoms with Gasteiger partial charge in [-0.25, -0.2) is 4.39 Å². The molecule has 3 fully saturated rings. The topological polar surface area (TPSA) is 15.3 Å². The lowest BCUT2D eigenvalue weighted by Gasteiger charge is -2.46. The van der Waals surface area contributed by atoms with E-state index in [9.17, 15) is 4.39 Å². The molecule has 4 rings (SSSR count). The van der Waals surface area contributed by atoms with Crippen LogP contribution in [0.25, 0.3) is 0 Å². The molecule has 2 atom stereocenters. The number of nitrogens with one attached hydrogen (secondary N) is 1. The largest absolute Gasteiger partial charge is 0.306 e. The van der Waals surface area contributed by atoms with Gasteiger partial charge in [-0.1, -0.05) is 12.1 Å². The molecule has 2 nitrogen and oxygen atoms in total. The van der Waals surface area contributed by atoms with Gasteiger partial charge in [-0.15, -0.1) is 0 Å². The summed E-state index contributed by atoms with van der Waals surface area (Å²) in [5, 5.41) is 3.70. The van der Waals surface area contributed by atoms with E-state index in [2.05, 4.69) is 17.1 Å². The summed E-state index contributed by atoms with van der Waals surface area (Å²) in [6.45, 7) is 7.63. The van der Waals surface area contributed by atoms with E-state index >= 15 is 0 Å². The van der Waals surface area contributed by atoms with E-state index in [0.717, 1.165) is 23.6 Å². The molecule has 3 heterocycles. The summed E-state index contributed by atoms with van der Waals surface area (Å²) in [5.41, 5.74) is 1.78. The Kier molecular flexibility index (Phi) is 3.59. The van der Waals surface area contributed by atoms with Gasteiger partial charge in [-0.3, -0.25) is 0 Å². The summed E-state index contributed by atoms with van der Waals surface area (Å²) in [4.78, 5) is 2.54. The minimum absolute atomic E-state index is 0.0972. The van der Waals surface area contributed by atoms with Gasteiger partial charge in [-0.2, -0.15) is 0 Å². The molecule has 19 heavy (non-hydrogen) atoms. The fraction of sp³-hybridized carbons (Fsp3) is 0.625. The minimum atomic E-state index is -0.0972. The Morgan fingerprint density at radius 1 is 1.32 bits per heavy atom. The Morgan fingerprint density at radius 3 is 2.63 bits per heavy atom. The van der Waals surface area contributed by atoms with E-state index in [0.29, 0.717) is 6.04 Å². The predicted molar refractivity (Wildman–Crippen MR) is 75.6 cm³/mol. The smallest absolute Gasteiger partial charge is 0.126 e. The lowest BCUT2D eigenvalue weighted by Crippen LogP contribution is -2.56. The maximum atomic E-state index is 13.6. The first-order valence-electron chi connectivity index (χ1n) is 7.38. The van der Waals surface area contributed by atoms with Crippen molar-refractivity contribution in [3.05, 3.63) is 35.1 Å². The van der Waals surface area contributed by atoms with Gasteiger partial charge in [0, 0.05) is 18.6 Å². The van der Waals surface area contributed by atoms with Crippen LogP contribution in [-0.4, -0.2) is 30.6 Å². The van der Waals surface area contributed by atoms with Crippen molar-refractivity contribution in [2.45, 2.75) is 38.8 Å². The van der Waals surface area contributed by atoms with Crippen molar-refractivity contribution in [2.75, 3.05) is 19.6 Å². The quantitative estimate of drug-likeness (QED) is 0.901. The van der Waals surface area contributed by atoms with Crippen LogP contribution in [0.1, 0.15) is 36.9 Å². The van der Waals surface area contributed by atoms with Gasteiger partial charge in [0.2, 0.25) is 0 Å². The van der Waals surface area contributed by atoms with Crippen molar-refractivity contribution in [3.63, 3.8) is 0 Å². The second-order valence-corrected chi connectivity index (χ2v) is 6.14. The van der Waals surface area contributed by atoms with Gasteiger partial charge in [-0.05, 0) is 62.9 Å². The molecular formula is C16H23FN2. The summed E-state index contributed by atoms with van der Waals surface area (Å²) >= 11 is 0. The third kappa shape index (κ3) is 2.67. The fourth-order valence-corrected chi connectivity index (χ4v) is 3.45. The first kappa shape index (κ1) is 13.1. The average Bonchev–Trinajstić information content (AvgIpc) is 2.43. The van der Waals surface area contributed by atoms with Crippen LogP contribution in [0.2, 0.25) is 0 Å². The van der Waals surface area contributed by atoms with E-state index in [1.165, 1.54) is 25.9 Å². The normalized spacial score (nSPS) is 31.4. The molecule has 0 amide bonds. The number of halogens is 1. The van der Waals surface area contributed by atoms with Crippen molar-refractivity contribution >= 4 is 0 Å². The lowest BCUT2D eigenvalue weighted by atomic mass is 9.83. The molecule has 2 unspecified atom stereocenters. The van der Waals surface area contributed by atoms with Gasteiger partial charge in [0.25, 0.3) is 0 Å². The van der Waals surface area contributed by atoms with Crippen molar-refractivity contribution in [2.24, 2.45) is 5.92 Å². The summed E-state index contributed by atoms with van der Waals surface area (Å²) in [6.07, 6.45) is 2.62. The van der Waals surface area contributed by atoms with Crippen molar-refractivity contribution in [1.29, 1.82) is 0 Å². The Labute approximate surface area is 115 Å². The maximum absolute atomic E-state index is 13.6. The fourth-order valence-electron chi connectivity index (χ4n) is 3.45. The molecule has 2 bridgehead atoms. The molecule has 0 aliphatic carbocycles. The van der Waals surface area contributed by atoms with Crippen molar-refractivity contribution in [1.82, 2.24) is 10.2 Å². The number of hydrogen-bond donors (Lipinski definition) is 1. The van der Waals surface area contributed by atoms with E-state index in [-0.39, 0.29) is 11.9 Å². The van der Waals surface area contributed by atoms with Crippen LogP contribution >= 0.6 is 0 Å². The monoisotopic (exact) mass is 262 g/mol. The van der Waals surface area contributed by atoms with Crippen LogP contribution in [0.4, 0.5) is 4.39 Å². The Hall–Kier alpha value is -0.930. The van der Waals surface area contributed by atoms with Crippen molar-refractivity contribution in [3.8, 4) is 0 Å². The summed E-state index contributed by atoms with van der Waals surface area (Å²) in [6, 6.07) is 6.38. The number of piperidine rings is 3. The van der Waals surface area contributed by atoms with Crippen LogP contribution in [0.15, 0.2) is 18.2 Å². The predicted octanol–water partition coefficient (Wildman–Crippen LogP) is 2.88. The molecule has 0 saturated carbocycles. The Bertz CT molecular complexity index is 452. The van der Waals surface area contributed by atoms with E-state index in [1.54, 1.807) is 6.07 Å². The number of nitrogens with zero attached hydrogens (tertiary/aromatic N) is 1. The Balaban J connectivity index is 1.67. The molecule has 1 aromatic carbocycles. The highest BCUT2D eigenvalue weighted by Gasteiger charge is 2.34. The van der Waals surface area contributed by atoms with E-state index in [4.69, 9.17) is 0 Å². The van der Waals surface area contributed by atoms with E-state index < -0.39 is 0 Å². The second kappa shape index (κ2) is 5.22. The molecule has 104 valence electrons. The average molecular weight is 262 g/mol. The SMILES string of the molecule is Cc1ccc(C(C)NC2CN3CCC2CC3)cc1F. The van der Waals surface area contributed by atoms with Gasteiger partial charge < -0.3 is 10.2 Å². The first-order valence-corrected chi connectivity index (χ1v) is 7.38. The van der Waals surface area contributed by atoms with Crippen LogP contribution in [0, 0.1) is 18.7 Å². The highest BCUT2D eigenvalue weighted by molar-refractivity contribution is 5.25. The summed E-state index contributed by atoms with van der Waals surface area (Å²) in [5.74, 6) is 0.711. The molecule has 3 saturated heterocycles. The Morgan fingerprint density at radius 2 is 2.05 bits per heavy atom. The first-order chi connectivity index (χ1) is 9.13. The number of hydrogen-bond acceptors (Lipinski definition) is 2. The third-order valence-corrected chi connectivity index (χ3v) is 4.82. The molecule has 3 heteroatoms. The van der Waals surface area contributed by atoms with Crippen LogP contribution < -0.4 is 5.32 Å². The highest BCUT2D eigenvalue weighted by Crippen LogP contribution is 2.29. The molecule has 0 spiro atoms. The van der Waals surface area contributed by atoms with Crippen LogP contribution in [-0.2, 0) is 0 Å². The molecule has 0 aromatic heterocycles. The molecule has 3 aliphatic rings. The number of fused-ring (bicyclic) bond motifs is 3. The summed E-state index contributed by atoms with van der Waals surface area (Å²) < 4.78 is 13.6. The zero-order valence-electron chi connectivity index (χ0n) is 11.8. The molecular weight excluding hydrogens is 239 g/mol. The minimum Gasteiger partial charge on any atom is -0.306 e. The number of rotatable bonds is 3. The second-order valence-electron chi connectivity index (χ2n) is 6.14. The van der Waals surface area contributed by atoms with Gasteiger partial charge in [0.05, 0.1) is 0 Å². The number of aryl methyl sites for hydroxylation is 1. The van der Waals surface area contributed by atoms with Crippen LogP contribution in [0.3, 0.4) is 0 Å².